The molecule has 0 unspecified atom stereocenters. The summed E-state index contributed by atoms with van der Waals surface area (Å²) in [7, 11) is 0. The van der Waals surface area contributed by atoms with Crippen LogP contribution < -0.4 is 5.73 Å². The Balaban J connectivity index is 2.34. The molecule has 76 valence electrons. The van der Waals surface area contributed by atoms with Crippen molar-refractivity contribution in [3.63, 3.8) is 0 Å². The largest absolute Gasteiger partial charge is 0.461 e. The lowest BCUT2D eigenvalue weighted by Crippen LogP contribution is -2.04. The number of rotatable bonds is 3. The fourth-order valence-electron chi connectivity index (χ4n) is 1.28. The first kappa shape index (κ1) is 9.61. The maximum absolute atomic E-state index is 11.8. The van der Waals surface area contributed by atoms with Gasteiger partial charge < -0.3 is 10.2 Å². The van der Waals surface area contributed by atoms with Crippen molar-refractivity contribution in [3.8, 4) is 0 Å². The van der Waals surface area contributed by atoms with Gasteiger partial charge in [0, 0.05) is 18.3 Å². The predicted molar refractivity (Wildman–Crippen MR) is 54.3 cm³/mol. The summed E-state index contributed by atoms with van der Waals surface area (Å²) in [4.78, 5) is 15.8. The minimum absolute atomic E-state index is 0.155. The zero-order valence-electron chi connectivity index (χ0n) is 8.01. The number of aromatic nitrogens is 1. The van der Waals surface area contributed by atoms with Gasteiger partial charge in [0.2, 0.25) is 5.78 Å². The lowest BCUT2D eigenvalue weighted by Gasteiger charge is -1.99. The van der Waals surface area contributed by atoms with E-state index in [2.05, 4.69) is 4.98 Å². The molecule has 4 heteroatoms. The summed E-state index contributed by atoms with van der Waals surface area (Å²) in [6, 6.07) is 6.62. The van der Waals surface area contributed by atoms with Crippen LogP contribution in [0.4, 0.5) is 0 Å². The van der Waals surface area contributed by atoms with Crippen LogP contribution >= 0.6 is 0 Å². The third kappa shape index (κ3) is 1.94. The zero-order chi connectivity index (χ0) is 10.7. The molecule has 2 aromatic rings. The molecular formula is C11H10N2O2. The molecule has 0 saturated carbocycles. The van der Waals surface area contributed by atoms with E-state index in [4.69, 9.17) is 10.2 Å². The second-order valence-electron chi connectivity index (χ2n) is 3.05. The molecule has 2 aromatic heterocycles. The Kier molecular flexibility index (Phi) is 2.60. The number of furan rings is 1. The molecule has 2 N–H and O–H groups in total. The Labute approximate surface area is 86.7 Å². The van der Waals surface area contributed by atoms with Crippen LogP contribution in [-0.4, -0.2) is 10.8 Å². The minimum atomic E-state index is -0.155. The minimum Gasteiger partial charge on any atom is -0.461 e. The van der Waals surface area contributed by atoms with E-state index in [1.54, 1.807) is 30.5 Å². The average molecular weight is 202 g/mol. The van der Waals surface area contributed by atoms with Crippen LogP contribution in [0.1, 0.15) is 21.8 Å². The number of nitrogens with two attached hydrogens (primary N) is 1. The van der Waals surface area contributed by atoms with Crippen LogP contribution in [0, 0.1) is 0 Å². The number of carbonyl (C=O) groups excluding carboxylic acids is 1. The Bertz CT molecular complexity index is 463. The topological polar surface area (TPSA) is 69.1 Å². The lowest BCUT2D eigenvalue weighted by atomic mass is 10.1. The van der Waals surface area contributed by atoms with Gasteiger partial charge in [-0.25, -0.2) is 0 Å². The molecule has 0 saturated heterocycles. The smallest absolute Gasteiger partial charge is 0.228 e. The van der Waals surface area contributed by atoms with Crippen molar-refractivity contribution in [2.24, 2.45) is 5.73 Å². The van der Waals surface area contributed by atoms with Crippen molar-refractivity contribution in [1.82, 2.24) is 4.98 Å². The van der Waals surface area contributed by atoms with E-state index in [1.165, 1.54) is 6.26 Å². The molecular weight excluding hydrogens is 192 g/mol. The van der Waals surface area contributed by atoms with Gasteiger partial charge in [-0.2, -0.15) is 0 Å². The van der Waals surface area contributed by atoms with Gasteiger partial charge in [-0.05, 0) is 24.3 Å². The molecule has 0 bridgehead atoms. The molecule has 2 rings (SSSR count). The second-order valence-corrected chi connectivity index (χ2v) is 3.05. The average Bonchev–Trinajstić information content (AvgIpc) is 2.81. The molecule has 0 aliphatic heterocycles. The van der Waals surface area contributed by atoms with Crippen LogP contribution in [0.3, 0.4) is 0 Å². The molecule has 4 nitrogen and oxygen atoms in total. The van der Waals surface area contributed by atoms with Crippen LogP contribution in [-0.2, 0) is 6.54 Å². The van der Waals surface area contributed by atoms with Gasteiger partial charge in [0.1, 0.15) is 0 Å². The number of hydrogen-bond donors (Lipinski definition) is 1. The van der Waals surface area contributed by atoms with Gasteiger partial charge in [-0.3, -0.25) is 9.78 Å². The lowest BCUT2D eigenvalue weighted by molar-refractivity contribution is 0.101. The molecule has 0 amide bonds. The van der Waals surface area contributed by atoms with E-state index in [1.807, 2.05) is 0 Å². The van der Waals surface area contributed by atoms with Crippen molar-refractivity contribution in [1.29, 1.82) is 0 Å². The quantitative estimate of drug-likeness (QED) is 0.763. The highest BCUT2D eigenvalue weighted by Gasteiger charge is 2.11. The number of nitrogens with zero attached hydrogens (tertiary/aromatic N) is 1. The van der Waals surface area contributed by atoms with Gasteiger partial charge in [0.05, 0.1) is 12.0 Å². The highest BCUT2D eigenvalue weighted by molar-refractivity contribution is 6.07. The van der Waals surface area contributed by atoms with Gasteiger partial charge in [0.15, 0.2) is 5.76 Å². The highest BCUT2D eigenvalue weighted by atomic mass is 16.3. The summed E-state index contributed by atoms with van der Waals surface area (Å²) >= 11 is 0. The molecule has 15 heavy (non-hydrogen) atoms. The summed E-state index contributed by atoms with van der Waals surface area (Å²) < 4.78 is 5.02. The standard InChI is InChI=1S/C11H10N2O2/c12-7-9-6-8(3-4-13-9)11(14)10-2-1-5-15-10/h1-6H,7,12H2. The van der Waals surface area contributed by atoms with E-state index >= 15 is 0 Å². The van der Waals surface area contributed by atoms with E-state index in [-0.39, 0.29) is 5.78 Å². The first-order valence-electron chi connectivity index (χ1n) is 4.54. The van der Waals surface area contributed by atoms with Crippen molar-refractivity contribution in [3.05, 3.63) is 53.7 Å². The molecule has 0 radical (unpaired) electrons. The van der Waals surface area contributed by atoms with Crippen LogP contribution in [0.5, 0.6) is 0 Å². The number of hydrogen-bond acceptors (Lipinski definition) is 4. The van der Waals surface area contributed by atoms with Gasteiger partial charge in [-0.1, -0.05) is 0 Å². The van der Waals surface area contributed by atoms with E-state index < -0.39 is 0 Å². The third-order valence-electron chi connectivity index (χ3n) is 2.03. The summed E-state index contributed by atoms with van der Waals surface area (Å²) in [6.07, 6.45) is 3.04. The van der Waals surface area contributed by atoms with Crippen molar-refractivity contribution < 1.29 is 9.21 Å². The highest BCUT2D eigenvalue weighted by Crippen LogP contribution is 2.10. The van der Waals surface area contributed by atoms with E-state index in [9.17, 15) is 4.79 Å². The molecule has 0 aliphatic carbocycles. The summed E-state index contributed by atoms with van der Waals surface area (Å²) in [6.45, 7) is 0.319. The number of pyridine rings is 1. The number of carbonyl (C=O) groups is 1. The Morgan fingerprint density at radius 3 is 3.00 bits per heavy atom. The molecule has 0 spiro atoms. The first-order chi connectivity index (χ1) is 7.31. The van der Waals surface area contributed by atoms with Gasteiger partial charge in [0.25, 0.3) is 0 Å². The molecule has 0 aliphatic rings. The zero-order valence-corrected chi connectivity index (χ0v) is 8.01. The van der Waals surface area contributed by atoms with Gasteiger partial charge >= 0.3 is 0 Å². The monoisotopic (exact) mass is 202 g/mol. The third-order valence-corrected chi connectivity index (χ3v) is 2.03. The van der Waals surface area contributed by atoms with Gasteiger partial charge in [-0.15, -0.1) is 0 Å². The normalized spacial score (nSPS) is 10.2. The van der Waals surface area contributed by atoms with Crippen LogP contribution in [0.15, 0.2) is 41.1 Å². The predicted octanol–water partition coefficient (Wildman–Crippen LogP) is 1.36. The Morgan fingerprint density at radius 1 is 1.47 bits per heavy atom. The summed E-state index contributed by atoms with van der Waals surface area (Å²) in [5, 5.41) is 0. The molecule has 0 fully saturated rings. The van der Waals surface area contributed by atoms with Crippen molar-refractivity contribution >= 4 is 5.78 Å². The molecule has 0 atom stereocenters. The summed E-state index contributed by atoms with van der Waals surface area (Å²) in [5.41, 5.74) is 6.67. The fourth-order valence-corrected chi connectivity index (χ4v) is 1.28. The molecule has 0 aromatic carbocycles. The Morgan fingerprint density at radius 2 is 2.33 bits per heavy atom. The fraction of sp³-hybridized carbons (Fsp3) is 0.0909. The van der Waals surface area contributed by atoms with Crippen LogP contribution in [0.25, 0.3) is 0 Å². The van der Waals surface area contributed by atoms with Crippen molar-refractivity contribution in [2.75, 3.05) is 0 Å². The number of ketones is 1. The second kappa shape index (κ2) is 4.06. The maximum Gasteiger partial charge on any atom is 0.228 e. The SMILES string of the molecule is NCc1cc(C(=O)c2ccco2)ccn1. The Hall–Kier alpha value is -1.94. The maximum atomic E-state index is 11.8. The van der Waals surface area contributed by atoms with Crippen molar-refractivity contribution in [2.45, 2.75) is 6.54 Å². The van der Waals surface area contributed by atoms with E-state index in [0.29, 0.717) is 23.6 Å². The first-order valence-corrected chi connectivity index (χ1v) is 4.54. The molecule has 2 heterocycles. The summed E-state index contributed by atoms with van der Waals surface area (Å²) in [5.74, 6) is 0.168. The van der Waals surface area contributed by atoms with E-state index in [0.717, 1.165) is 0 Å². The van der Waals surface area contributed by atoms with Crippen LogP contribution in [0.2, 0.25) is 0 Å².